The van der Waals surface area contributed by atoms with Gasteiger partial charge in [-0.2, -0.15) is 0 Å². The molecule has 4 rings (SSSR count). The Bertz CT molecular complexity index is 972. The highest BCUT2D eigenvalue weighted by molar-refractivity contribution is 7.71. The van der Waals surface area contributed by atoms with E-state index in [1.165, 1.54) is 19.3 Å². The molecule has 0 aliphatic carbocycles. The summed E-state index contributed by atoms with van der Waals surface area (Å²) in [5.41, 5.74) is 2.06. The fourth-order valence-electron chi connectivity index (χ4n) is 3.71. The summed E-state index contributed by atoms with van der Waals surface area (Å²) < 4.78 is 10.5. The molecule has 29 heavy (non-hydrogen) atoms. The number of nitrogens with zero attached hydrogens (tertiary/aromatic N) is 4. The van der Waals surface area contributed by atoms with E-state index in [0.717, 1.165) is 60.4 Å². The zero-order valence-electron chi connectivity index (χ0n) is 17.0. The van der Waals surface area contributed by atoms with Crippen molar-refractivity contribution >= 4 is 12.2 Å². The monoisotopic (exact) mass is 408 g/mol. The van der Waals surface area contributed by atoms with Crippen molar-refractivity contribution in [3.63, 3.8) is 0 Å². The number of hydrogen-bond donors (Lipinski definition) is 0. The van der Waals surface area contributed by atoms with Crippen molar-refractivity contribution in [3.05, 3.63) is 59.4 Å². The highest BCUT2D eigenvalue weighted by Crippen LogP contribution is 2.25. The van der Waals surface area contributed by atoms with E-state index in [9.17, 15) is 0 Å². The molecular formula is C23H28N4OS. The van der Waals surface area contributed by atoms with Crippen LogP contribution in [0.25, 0.3) is 17.1 Å². The number of benzene rings is 2. The summed E-state index contributed by atoms with van der Waals surface area (Å²) in [6.07, 6.45) is 4.81. The van der Waals surface area contributed by atoms with Crippen molar-refractivity contribution in [1.82, 2.24) is 19.2 Å². The molecule has 0 amide bonds. The lowest BCUT2D eigenvalue weighted by molar-refractivity contribution is 0.172. The standard InChI is InChI=1S/C23H28N4OS/c1-2-17-28-21-13-11-19(12-14-21)22-24-26(18-25-15-7-4-8-16-25)23(29)27(22)20-9-5-3-6-10-20/h3,5-6,9-14H,2,4,7-8,15-18H2,1H3. The first-order chi connectivity index (χ1) is 14.3. The smallest absolute Gasteiger partial charge is 0.204 e. The lowest BCUT2D eigenvalue weighted by atomic mass is 10.1. The van der Waals surface area contributed by atoms with Crippen LogP contribution >= 0.6 is 12.2 Å². The van der Waals surface area contributed by atoms with Crippen molar-refractivity contribution in [1.29, 1.82) is 0 Å². The maximum absolute atomic E-state index is 5.86. The van der Waals surface area contributed by atoms with Crippen molar-refractivity contribution < 1.29 is 4.74 Å². The lowest BCUT2D eigenvalue weighted by Crippen LogP contribution is -2.32. The third-order valence-electron chi connectivity index (χ3n) is 5.22. The Balaban J connectivity index is 1.71. The van der Waals surface area contributed by atoms with Crippen LogP contribution in [0.2, 0.25) is 0 Å². The van der Waals surface area contributed by atoms with Crippen LogP contribution in [0, 0.1) is 4.77 Å². The molecule has 0 radical (unpaired) electrons. The molecule has 2 heterocycles. The largest absolute Gasteiger partial charge is 0.494 e. The summed E-state index contributed by atoms with van der Waals surface area (Å²) in [6.45, 7) is 5.79. The predicted molar refractivity (Wildman–Crippen MR) is 119 cm³/mol. The third kappa shape index (κ3) is 4.60. The second kappa shape index (κ2) is 9.37. The minimum Gasteiger partial charge on any atom is -0.494 e. The van der Waals surface area contributed by atoms with Gasteiger partial charge < -0.3 is 4.74 Å². The Hall–Kier alpha value is -2.44. The van der Waals surface area contributed by atoms with Gasteiger partial charge in [-0.1, -0.05) is 31.5 Å². The van der Waals surface area contributed by atoms with Gasteiger partial charge in [0.15, 0.2) is 5.82 Å². The number of para-hydroxylation sites is 1. The van der Waals surface area contributed by atoms with E-state index in [2.05, 4.69) is 40.7 Å². The van der Waals surface area contributed by atoms with Crippen LogP contribution in [0.3, 0.4) is 0 Å². The van der Waals surface area contributed by atoms with Gasteiger partial charge in [-0.15, -0.1) is 5.10 Å². The number of aromatic nitrogens is 3. The van der Waals surface area contributed by atoms with Crippen molar-refractivity contribution in [2.45, 2.75) is 39.3 Å². The van der Waals surface area contributed by atoms with Crippen LogP contribution in [0.15, 0.2) is 54.6 Å². The molecule has 0 saturated carbocycles. The number of piperidine rings is 1. The van der Waals surface area contributed by atoms with E-state index in [1.807, 2.05) is 35.0 Å². The van der Waals surface area contributed by atoms with E-state index in [4.69, 9.17) is 22.1 Å². The Labute approximate surface area is 177 Å². The van der Waals surface area contributed by atoms with Gasteiger partial charge in [0.05, 0.1) is 13.3 Å². The molecule has 1 aromatic heterocycles. The van der Waals surface area contributed by atoms with Crippen LogP contribution in [0.4, 0.5) is 0 Å². The molecule has 0 bridgehead atoms. The van der Waals surface area contributed by atoms with Gasteiger partial charge >= 0.3 is 0 Å². The van der Waals surface area contributed by atoms with Gasteiger partial charge in [-0.25, -0.2) is 4.68 Å². The van der Waals surface area contributed by atoms with Crippen LogP contribution in [0.5, 0.6) is 5.75 Å². The lowest BCUT2D eigenvalue weighted by Gasteiger charge is -2.25. The number of ether oxygens (including phenoxy) is 1. The average Bonchev–Trinajstić information content (AvgIpc) is 3.10. The zero-order valence-corrected chi connectivity index (χ0v) is 17.8. The fourth-order valence-corrected chi connectivity index (χ4v) is 4.00. The first kappa shape index (κ1) is 19.9. The minimum atomic E-state index is 0.725. The van der Waals surface area contributed by atoms with Crippen molar-refractivity contribution in [2.24, 2.45) is 0 Å². The summed E-state index contributed by atoms with van der Waals surface area (Å²) in [5.74, 6) is 1.74. The maximum Gasteiger partial charge on any atom is 0.204 e. The third-order valence-corrected chi connectivity index (χ3v) is 5.62. The van der Waals surface area contributed by atoms with Crippen LogP contribution in [-0.2, 0) is 6.67 Å². The van der Waals surface area contributed by atoms with Gasteiger partial charge in [0, 0.05) is 11.3 Å². The maximum atomic E-state index is 5.86. The van der Waals surface area contributed by atoms with Gasteiger partial charge in [0.25, 0.3) is 0 Å². The highest BCUT2D eigenvalue weighted by atomic mass is 32.1. The first-order valence-electron chi connectivity index (χ1n) is 10.5. The number of rotatable bonds is 7. The second-order valence-corrected chi connectivity index (χ2v) is 7.83. The molecule has 3 aromatic rings. The number of likely N-dealkylation sites (tertiary alicyclic amines) is 1. The molecule has 0 atom stereocenters. The summed E-state index contributed by atoms with van der Waals surface area (Å²) in [5, 5.41) is 4.94. The molecule has 6 heteroatoms. The zero-order chi connectivity index (χ0) is 20.1. The van der Waals surface area contributed by atoms with Gasteiger partial charge in [-0.05, 0) is 81.0 Å². The Morgan fingerprint density at radius 3 is 2.38 bits per heavy atom. The molecule has 0 unspecified atom stereocenters. The van der Waals surface area contributed by atoms with E-state index in [-0.39, 0.29) is 0 Å². The van der Waals surface area contributed by atoms with E-state index >= 15 is 0 Å². The molecule has 1 saturated heterocycles. The van der Waals surface area contributed by atoms with E-state index in [1.54, 1.807) is 0 Å². The first-order valence-corrected chi connectivity index (χ1v) is 10.9. The predicted octanol–water partition coefficient (Wildman–Crippen LogP) is 5.30. The van der Waals surface area contributed by atoms with Crippen LogP contribution < -0.4 is 4.74 Å². The Kier molecular flexibility index (Phi) is 6.42. The van der Waals surface area contributed by atoms with Crippen molar-refractivity contribution in [2.75, 3.05) is 19.7 Å². The molecular weight excluding hydrogens is 380 g/mol. The van der Waals surface area contributed by atoms with Crippen LogP contribution in [0.1, 0.15) is 32.6 Å². The molecule has 0 spiro atoms. The average molecular weight is 409 g/mol. The molecule has 0 N–H and O–H groups in total. The highest BCUT2D eigenvalue weighted by Gasteiger charge is 2.17. The molecule has 5 nitrogen and oxygen atoms in total. The van der Waals surface area contributed by atoms with Crippen molar-refractivity contribution in [3.8, 4) is 22.8 Å². The topological polar surface area (TPSA) is 35.2 Å². The Morgan fingerprint density at radius 2 is 1.69 bits per heavy atom. The van der Waals surface area contributed by atoms with Gasteiger partial charge in [-0.3, -0.25) is 9.47 Å². The molecule has 152 valence electrons. The molecule has 1 aliphatic rings. The molecule has 1 aliphatic heterocycles. The van der Waals surface area contributed by atoms with E-state index in [0.29, 0.717) is 0 Å². The summed E-state index contributed by atoms with van der Waals surface area (Å²) >= 11 is 5.86. The quantitative estimate of drug-likeness (QED) is 0.497. The summed E-state index contributed by atoms with van der Waals surface area (Å²) in [7, 11) is 0. The second-order valence-electron chi connectivity index (χ2n) is 7.47. The van der Waals surface area contributed by atoms with Gasteiger partial charge in [0.1, 0.15) is 5.75 Å². The number of hydrogen-bond acceptors (Lipinski definition) is 4. The van der Waals surface area contributed by atoms with Gasteiger partial charge in [0.2, 0.25) is 4.77 Å². The molecule has 2 aromatic carbocycles. The normalized spacial score (nSPS) is 14.8. The summed E-state index contributed by atoms with van der Waals surface area (Å²) in [4.78, 5) is 2.44. The molecule has 1 fully saturated rings. The minimum absolute atomic E-state index is 0.725. The summed E-state index contributed by atoms with van der Waals surface area (Å²) in [6, 6.07) is 18.4. The Morgan fingerprint density at radius 1 is 0.966 bits per heavy atom. The SMILES string of the molecule is CCCOc1ccc(-c2nn(CN3CCCCC3)c(=S)n2-c2ccccc2)cc1. The van der Waals surface area contributed by atoms with Crippen LogP contribution in [-0.4, -0.2) is 38.9 Å². The fraction of sp³-hybridized carbons (Fsp3) is 0.391. The van der Waals surface area contributed by atoms with E-state index < -0.39 is 0 Å².